The fraction of sp³-hybridized carbons (Fsp3) is 0.786. The van der Waals surface area contributed by atoms with Gasteiger partial charge in [0.1, 0.15) is 6.04 Å². The van der Waals surface area contributed by atoms with E-state index in [0.717, 1.165) is 44.9 Å². The van der Waals surface area contributed by atoms with E-state index < -0.39 is 29.8 Å². The van der Waals surface area contributed by atoms with Crippen molar-refractivity contribution in [3.8, 4) is 0 Å². The molecule has 0 aromatic rings. The number of nitrogens with two attached hydrogens (primary N) is 1. The molecule has 1 unspecified atom stereocenters. The first-order chi connectivity index (χ1) is 17.3. The van der Waals surface area contributed by atoms with Crippen LogP contribution in [0, 0.1) is 23.2 Å². The monoisotopic (exact) mass is 500 g/mol. The van der Waals surface area contributed by atoms with Crippen LogP contribution in [0.15, 0.2) is 12.7 Å². The van der Waals surface area contributed by atoms with Crippen molar-refractivity contribution < 1.29 is 19.2 Å². The van der Waals surface area contributed by atoms with Crippen molar-refractivity contribution in [2.45, 2.75) is 102 Å². The Morgan fingerprint density at radius 3 is 2.47 bits per heavy atom. The summed E-state index contributed by atoms with van der Waals surface area (Å²) >= 11 is 0. The molecule has 3 saturated carbocycles. The van der Waals surface area contributed by atoms with Crippen molar-refractivity contribution in [3.05, 3.63) is 12.7 Å². The number of rotatable bonds is 11. The molecule has 0 bridgehead atoms. The maximum Gasteiger partial charge on any atom is 0.289 e. The molecule has 0 aromatic carbocycles. The number of carbonyl (C=O) groups excluding carboxylic acids is 4. The van der Waals surface area contributed by atoms with Crippen molar-refractivity contribution in [2.75, 3.05) is 13.1 Å². The van der Waals surface area contributed by atoms with Crippen molar-refractivity contribution in [1.82, 2.24) is 15.5 Å². The number of unbranched alkanes of at least 4 members (excludes halogenated alkanes) is 1. The highest BCUT2D eigenvalue weighted by Gasteiger charge is 2.63. The summed E-state index contributed by atoms with van der Waals surface area (Å²) in [6.45, 7) is 6.34. The summed E-state index contributed by atoms with van der Waals surface area (Å²) in [4.78, 5) is 54.6. The molecular formula is C28H44N4O4. The Kier molecular flexibility index (Phi) is 8.53. The first kappa shape index (κ1) is 26.8. The van der Waals surface area contributed by atoms with Gasteiger partial charge in [0.05, 0.1) is 12.1 Å². The first-order valence-electron chi connectivity index (χ1n) is 14.1. The van der Waals surface area contributed by atoms with E-state index in [1.54, 1.807) is 4.90 Å². The lowest BCUT2D eigenvalue weighted by Gasteiger charge is -2.34. The Morgan fingerprint density at radius 2 is 1.83 bits per heavy atom. The van der Waals surface area contributed by atoms with Crippen LogP contribution in [0.2, 0.25) is 0 Å². The van der Waals surface area contributed by atoms with Gasteiger partial charge in [-0.3, -0.25) is 19.2 Å². The summed E-state index contributed by atoms with van der Waals surface area (Å²) in [6.07, 6.45) is 13.1. The zero-order valence-electron chi connectivity index (χ0n) is 21.8. The first-order valence-corrected chi connectivity index (χ1v) is 14.1. The molecule has 3 amide bonds. The molecule has 8 heteroatoms. The molecule has 5 atom stereocenters. The fourth-order valence-electron chi connectivity index (χ4n) is 7.13. The lowest BCUT2D eigenvalue weighted by molar-refractivity contribution is -0.143. The quantitative estimate of drug-likeness (QED) is 0.297. The maximum atomic E-state index is 13.8. The van der Waals surface area contributed by atoms with E-state index in [1.165, 1.54) is 25.3 Å². The highest BCUT2D eigenvalue weighted by Crippen LogP contribution is 2.66. The van der Waals surface area contributed by atoms with Crippen molar-refractivity contribution in [2.24, 2.45) is 28.9 Å². The largest absolute Gasteiger partial charge is 0.346 e. The Labute approximate surface area is 215 Å². The van der Waals surface area contributed by atoms with Crippen LogP contribution in [0.25, 0.3) is 0 Å². The van der Waals surface area contributed by atoms with Gasteiger partial charge in [0.15, 0.2) is 0 Å². The summed E-state index contributed by atoms with van der Waals surface area (Å²) in [6, 6.07) is -2.11. The highest BCUT2D eigenvalue weighted by atomic mass is 16.2. The fourth-order valence-corrected chi connectivity index (χ4v) is 7.13. The number of carbonyl (C=O) groups is 4. The summed E-state index contributed by atoms with van der Waals surface area (Å²) < 4.78 is 0. The lowest BCUT2D eigenvalue weighted by Crippen LogP contribution is -2.57. The molecule has 4 rings (SSSR count). The highest BCUT2D eigenvalue weighted by molar-refractivity contribution is 6.38. The molecule has 0 radical (unpaired) electrons. The number of hydrogen-bond donors (Lipinski definition) is 3. The van der Waals surface area contributed by atoms with Gasteiger partial charge < -0.3 is 21.3 Å². The van der Waals surface area contributed by atoms with Gasteiger partial charge in [0.2, 0.25) is 17.6 Å². The number of nitrogens with zero attached hydrogens (tertiary/aromatic N) is 1. The molecule has 0 aromatic heterocycles. The van der Waals surface area contributed by atoms with Gasteiger partial charge in [0, 0.05) is 13.1 Å². The van der Waals surface area contributed by atoms with Crippen LogP contribution in [0.3, 0.4) is 0 Å². The van der Waals surface area contributed by atoms with Crippen molar-refractivity contribution >= 4 is 23.5 Å². The SMILES string of the molecule is C=CCNC(=O)C(=O)C(CCCC)NC(=O)[C@@H]1[C@H]2CCC3(CC3)[C@H]2CN1C(=O)[C@@H](N)C1CCCCC1. The summed E-state index contributed by atoms with van der Waals surface area (Å²) in [5.41, 5.74) is 6.80. The van der Waals surface area contributed by atoms with Crippen LogP contribution < -0.4 is 16.4 Å². The molecule has 1 heterocycles. The molecule has 36 heavy (non-hydrogen) atoms. The lowest BCUT2D eigenvalue weighted by atomic mass is 9.83. The van der Waals surface area contributed by atoms with Crippen LogP contribution in [0.4, 0.5) is 0 Å². The van der Waals surface area contributed by atoms with E-state index in [1.807, 2.05) is 6.92 Å². The number of amides is 3. The van der Waals surface area contributed by atoms with Crippen LogP contribution >= 0.6 is 0 Å². The van der Waals surface area contributed by atoms with E-state index in [2.05, 4.69) is 17.2 Å². The van der Waals surface area contributed by atoms with Gasteiger partial charge in [-0.25, -0.2) is 0 Å². The van der Waals surface area contributed by atoms with Crippen LogP contribution in [-0.4, -0.2) is 59.6 Å². The second-order valence-electron chi connectivity index (χ2n) is 11.6. The Hall–Kier alpha value is -2.22. The predicted octanol–water partition coefficient (Wildman–Crippen LogP) is 2.46. The Balaban J connectivity index is 1.52. The van der Waals surface area contributed by atoms with Gasteiger partial charge in [-0.2, -0.15) is 0 Å². The molecule has 4 fully saturated rings. The molecule has 3 aliphatic carbocycles. The van der Waals surface area contributed by atoms with Gasteiger partial charge in [-0.05, 0) is 68.1 Å². The Morgan fingerprint density at radius 1 is 1.11 bits per heavy atom. The van der Waals surface area contributed by atoms with E-state index in [4.69, 9.17) is 5.73 Å². The molecule has 8 nitrogen and oxygen atoms in total. The zero-order valence-corrected chi connectivity index (χ0v) is 21.8. The number of ketones is 1. The average molecular weight is 501 g/mol. The summed E-state index contributed by atoms with van der Waals surface area (Å²) in [5, 5.41) is 5.43. The molecule has 1 spiro atoms. The van der Waals surface area contributed by atoms with Crippen molar-refractivity contribution in [3.63, 3.8) is 0 Å². The number of nitrogens with one attached hydrogen (secondary N) is 2. The second kappa shape index (κ2) is 11.4. The Bertz CT molecular complexity index is 864. The molecule has 4 aliphatic rings. The van der Waals surface area contributed by atoms with E-state index in [-0.39, 0.29) is 35.6 Å². The minimum Gasteiger partial charge on any atom is -0.346 e. The second-order valence-corrected chi connectivity index (χ2v) is 11.6. The van der Waals surface area contributed by atoms with Crippen LogP contribution in [0.1, 0.15) is 84.0 Å². The van der Waals surface area contributed by atoms with E-state index in [0.29, 0.717) is 25.3 Å². The van der Waals surface area contributed by atoms with Gasteiger partial charge in [-0.15, -0.1) is 6.58 Å². The van der Waals surface area contributed by atoms with Crippen molar-refractivity contribution in [1.29, 1.82) is 0 Å². The van der Waals surface area contributed by atoms with Gasteiger partial charge in [-0.1, -0.05) is 45.1 Å². The van der Waals surface area contributed by atoms with E-state index in [9.17, 15) is 19.2 Å². The third-order valence-corrected chi connectivity index (χ3v) is 9.41. The minimum atomic E-state index is -0.901. The molecule has 1 aliphatic heterocycles. The smallest absolute Gasteiger partial charge is 0.289 e. The average Bonchev–Trinajstić information content (AvgIpc) is 3.47. The maximum absolute atomic E-state index is 13.8. The third kappa shape index (κ3) is 5.38. The molecule has 200 valence electrons. The van der Waals surface area contributed by atoms with Crippen LogP contribution in [0.5, 0.6) is 0 Å². The minimum absolute atomic E-state index is 0.0894. The normalized spacial score (nSPS) is 28.3. The van der Waals surface area contributed by atoms with E-state index >= 15 is 0 Å². The summed E-state index contributed by atoms with van der Waals surface area (Å²) in [7, 11) is 0. The number of hydrogen-bond acceptors (Lipinski definition) is 5. The number of Topliss-reactive ketones (excluding diaryl/α,β-unsaturated/α-hetero) is 1. The number of fused-ring (bicyclic) bond motifs is 2. The summed E-state index contributed by atoms with van der Waals surface area (Å²) in [5.74, 6) is -1.22. The van der Waals surface area contributed by atoms with Gasteiger partial charge in [0.25, 0.3) is 5.91 Å². The topological polar surface area (TPSA) is 122 Å². The predicted molar refractivity (Wildman–Crippen MR) is 138 cm³/mol. The van der Waals surface area contributed by atoms with Crippen LogP contribution in [-0.2, 0) is 19.2 Å². The zero-order chi connectivity index (χ0) is 25.9. The number of likely N-dealkylation sites (tertiary alicyclic amines) is 1. The molecule has 1 saturated heterocycles. The molecular weight excluding hydrogens is 456 g/mol. The van der Waals surface area contributed by atoms with Gasteiger partial charge >= 0.3 is 0 Å². The standard InChI is InChI=1S/C28H44N4O4/c1-3-5-11-21(24(33)26(35)30-16-4-2)31-25(34)23-19-12-13-28(14-15-28)20(19)17-32(23)27(36)22(29)18-9-7-6-8-10-18/h4,18-23H,2-3,5-17,29H2,1H3,(H,30,35)(H,31,34)/t19-,20-,21?,22-,23-/m0/s1. The third-order valence-electron chi connectivity index (χ3n) is 9.41. The molecule has 4 N–H and O–H groups in total.